The number of unbranched alkanes of at least 4 members (excludes halogenated alkanes) is 3. The van der Waals surface area contributed by atoms with Crippen LogP contribution in [0.2, 0.25) is 0 Å². The predicted octanol–water partition coefficient (Wildman–Crippen LogP) is 4.66. The molecule has 0 aromatic heterocycles. The van der Waals surface area contributed by atoms with Crippen LogP contribution in [0.3, 0.4) is 0 Å². The zero-order valence-corrected chi connectivity index (χ0v) is 16.5. The first-order valence-corrected chi connectivity index (χ1v) is 9.58. The van der Waals surface area contributed by atoms with E-state index in [0.29, 0.717) is 11.8 Å². The SMILES string of the molecule is C=CC(CC/C=C/CCCCC)CC(C/C=C/[CH2-])c1ccccc1.[Li+]. The van der Waals surface area contributed by atoms with E-state index in [4.69, 9.17) is 0 Å². The van der Waals surface area contributed by atoms with Crippen LogP contribution in [-0.4, -0.2) is 0 Å². The Labute approximate surface area is 168 Å². The van der Waals surface area contributed by atoms with Crippen LogP contribution in [-0.2, 0) is 0 Å². The van der Waals surface area contributed by atoms with E-state index in [1.165, 1.54) is 44.1 Å². The molecule has 0 fully saturated rings. The molecule has 0 spiro atoms. The normalized spacial score (nSPS) is 13.6. The Hall–Kier alpha value is -1.09. The molecule has 0 radical (unpaired) electrons. The first-order valence-electron chi connectivity index (χ1n) is 9.58. The molecule has 25 heavy (non-hydrogen) atoms. The van der Waals surface area contributed by atoms with Gasteiger partial charge >= 0.3 is 18.9 Å². The molecule has 0 amide bonds. The maximum absolute atomic E-state index is 4.07. The minimum atomic E-state index is 0. The average molecular weight is 330 g/mol. The summed E-state index contributed by atoms with van der Waals surface area (Å²) in [6, 6.07) is 10.9. The van der Waals surface area contributed by atoms with Crippen LogP contribution in [0.15, 0.2) is 67.3 Å². The van der Waals surface area contributed by atoms with Gasteiger partial charge in [-0.15, -0.1) is 6.58 Å². The van der Waals surface area contributed by atoms with E-state index in [-0.39, 0.29) is 18.9 Å². The maximum Gasteiger partial charge on any atom is 1.00 e. The van der Waals surface area contributed by atoms with Crippen molar-refractivity contribution >= 4 is 0 Å². The first kappa shape index (κ1) is 23.9. The molecule has 0 saturated carbocycles. The second-order valence-corrected chi connectivity index (χ2v) is 6.59. The van der Waals surface area contributed by atoms with Gasteiger partial charge in [0.2, 0.25) is 0 Å². The van der Waals surface area contributed by atoms with Gasteiger partial charge in [0.05, 0.1) is 0 Å². The van der Waals surface area contributed by atoms with E-state index >= 15 is 0 Å². The molecular weight excluding hydrogens is 295 g/mol. The summed E-state index contributed by atoms with van der Waals surface area (Å²) in [5.74, 6) is 1.13. The minimum Gasteiger partial charge on any atom is -0.245 e. The quantitative estimate of drug-likeness (QED) is 0.213. The molecule has 0 aliphatic carbocycles. The molecular formula is C24H35Li. The van der Waals surface area contributed by atoms with Crippen molar-refractivity contribution < 1.29 is 18.9 Å². The fourth-order valence-electron chi connectivity index (χ4n) is 3.11. The van der Waals surface area contributed by atoms with Gasteiger partial charge in [-0.1, -0.05) is 74.7 Å². The van der Waals surface area contributed by atoms with Crippen molar-refractivity contribution in [3.8, 4) is 0 Å². The number of benzene rings is 1. The van der Waals surface area contributed by atoms with Crippen molar-refractivity contribution in [2.24, 2.45) is 5.92 Å². The van der Waals surface area contributed by atoms with Crippen molar-refractivity contribution in [3.63, 3.8) is 0 Å². The maximum atomic E-state index is 4.07. The van der Waals surface area contributed by atoms with Gasteiger partial charge in [-0.05, 0) is 49.5 Å². The average Bonchev–Trinajstić information content (AvgIpc) is 2.63. The second-order valence-electron chi connectivity index (χ2n) is 6.59. The Morgan fingerprint density at radius 2 is 1.76 bits per heavy atom. The topological polar surface area (TPSA) is 0 Å². The second kappa shape index (κ2) is 16.4. The number of allylic oxidation sites excluding steroid dienone is 5. The summed E-state index contributed by atoms with van der Waals surface area (Å²) >= 11 is 0. The molecule has 1 aromatic rings. The van der Waals surface area contributed by atoms with Crippen molar-refractivity contribution in [2.75, 3.05) is 0 Å². The molecule has 1 aromatic carbocycles. The molecule has 132 valence electrons. The van der Waals surface area contributed by atoms with Crippen molar-refractivity contribution in [1.82, 2.24) is 0 Å². The van der Waals surface area contributed by atoms with Gasteiger partial charge in [-0.25, -0.2) is 19.1 Å². The molecule has 0 heterocycles. The smallest absolute Gasteiger partial charge is 0.245 e. The number of hydrogen-bond acceptors (Lipinski definition) is 0. The van der Waals surface area contributed by atoms with Gasteiger partial charge in [0.25, 0.3) is 0 Å². The summed E-state index contributed by atoms with van der Waals surface area (Å²) in [5, 5.41) is 0. The van der Waals surface area contributed by atoms with Gasteiger partial charge in [0.15, 0.2) is 0 Å². The summed E-state index contributed by atoms with van der Waals surface area (Å²) in [6.07, 6.45) is 20.8. The molecule has 2 unspecified atom stereocenters. The Morgan fingerprint density at radius 3 is 2.40 bits per heavy atom. The van der Waals surface area contributed by atoms with Crippen molar-refractivity contribution in [2.45, 2.75) is 64.2 Å². The van der Waals surface area contributed by atoms with Gasteiger partial charge in [-0.2, -0.15) is 0 Å². The molecule has 0 aliphatic rings. The molecule has 0 N–H and O–H groups in total. The molecule has 1 heteroatoms. The van der Waals surface area contributed by atoms with E-state index in [0.717, 1.165) is 12.8 Å². The third-order valence-electron chi connectivity index (χ3n) is 4.62. The Balaban J connectivity index is 0.00000576. The summed E-state index contributed by atoms with van der Waals surface area (Å²) in [6.45, 7) is 10.2. The molecule has 1 rings (SSSR count). The van der Waals surface area contributed by atoms with E-state index in [2.05, 4.69) is 75.1 Å². The third kappa shape index (κ3) is 11.2. The van der Waals surface area contributed by atoms with E-state index in [1.54, 1.807) is 0 Å². The summed E-state index contributed by atoms with van der Waals surface area (Å²) in [4.78, 5) is 0. The van der Waals surface area contributed by atoms with Crippen LogP contribution in [0.5, 0.6) is 0 Å². The van der Waals surface area contributed by atoms with Crippen LogP contribution in [0.1, 0.15) is 69.8 Å². The van der Waals surface area contributed by atoms with Crippen LogP contribution < -0.4 is 18.9 Å². The molecule has 0 aliphatic heterocycles. The van der Waals surface area contributed by atoms with Crippen molar-refractivity contribution in [3.05, 3.63) is 79.8 Å². The van der Waals surface area contributed by atoms with Crippen LogP contribution in [0.4, 0.5) is 0 Å². The summed E-state index contributed by atoms with van der Waals surface area (Å²) in [5.41, 5.74) is 1.43. The van der Waals surface area contributed by atoms with Gasteiger partial charge in [0.1, 0.15) is 0 Å². The fraction of sp³-hybridized carbons (Fsp3) is 0.458. The molecule has 0 bridgehead atoms. The molecule has 0 saturated heterocycles. The zero-order valence-electron chi connectivity index (χ0n) is 16.5. The monoisotopic (exact) mass is 330 g/mol. The Bertz CT molecular complexity index is 472. The standard InChI is InChI=1S/C24H35.Li/c1-4-7-9-10-11-12-14-17-22(6-3)21-24(18-8-5-2)23-19-15-13-16-20-23;/h5-6,8,11-13,15-16,19-20,22,24H,2-4,7,9-10,14,17-18,21H2,1H3;/q-1;+1/b8-5+,12-11+;. The van der Waals surface area contributed by atoms with Gasteiger partial charge in [-0.3, -0.25) is 0 Å². The van der Waals surface area contributed by atoms with E-state index < -0.39 is 0 Å². The van der Waals surface area contributed by atoms with E-state index in [1.807, 2.05) is 6.08 Å². The summed E-state index contributed by atoms with van der Waals surface area (Å²) in [7, 11) is 0. The fourth-order valence-corrected chi connectivity index (χ4v) is 3.11. The molecule has 0 nitrogen and oxygen atoms in total. The van der Waals surface area contributed by atoms with Gasteiger partial charge < -0.3 is 0 Å². The van der Waals surface area contributed by atoms with Crippen molar-refractivity contribution in [1.29, 1.82) is 0 Å². The minimum absolute atomic E-state index is 0. The number of rotatable bonds is 13. The number of hydrogen-bond donors (Lipinski definition) is 0. The summed E-state index contributed by atoms with van der Waals surface area (Å²) < 4.78 is 0. The molecule has 2 atom stereocenters. The third-order valence-corrected chi connectivity index (χ3v) is 4.62. The van der Waals surface area contributed by atoms with E-state index in [9.17, 15) is 0 Å². The Kier molecular flexibility index (Phi) is 15.7. The van der Waals surface area contributed by atoms with Gasteiger partial charge in [0, 0.05) is 0 Å². The Morgan fingerprint density at radius 1 is 1.04 bits per heavy atom. The zero-order chi connectivity index (χ0) is 17.5. The van der Waals surface area contributed by atoms with Crippen LogP contribution >= 0.6 is 0 Å². The van der Waals surface area contributed by atoms with Crippen LogP contribution in [0.25, 0.3) is 0 Å². The first-order chi connectivity index (χ1) is 11.8. The van der Waals surface area contributed by atoms with Crippen LogP contribution in [0, 0.1) is 12.8 Å². The predicted molar refractivity (Wildman–Crippen MR) is 109 cm³/mol. The largest absolute Gasteiger partial charge is 1.00 e.